The zero-order valence-corrected chi connectivity index (χ0v) is 21.4. The molecule has 0 bridgehead atoms. The van der Waals surface area contributed by atoms with E-state index in [1.807, 2.05) is 68.6 Å². The number of ether oxygens (including phenoxy) is 2. The second-order valence-corrected chi connectivity index (χ2v) is 9.95. The molecule has 0 atom stereocenters. The highest BCUT2D eigenvalue weighted by Crippen LogP contribution is 2.38. The minimum absolute atomic E-state index is 0.464. The maximum Gasteiger partial charge on any atom is 0.339 e. The van der Waals surface area contributed by atoms with Crippen LogP contribution in [0.1, 0.15) is 50.6 Å². The highest BCUT2D eigenvalue weighted by Gasteiger charge is 2.27. The molecule has 1 aliphatic carbocycles. The molecule has 36 heavy (non-hydrogen) atoms. The molecule has 2 aromatic heterocycles. The van der Waals surface area contributed by atoms with Gasteiger partial charge in [0.25, 0.3) is 0 Å². The summed E-state index contributed by atoms with van der Waals surface area (Å²) in [6.07, 6.45) is 5.82. The number of carboxylic acid groups (broad SMARTS) is 1. The number of thiophene rings is 1. The number of carbonyl (C=O) groups is 1. The van der Waals surface area contributed by atoms with Gasteiger partial charge in [0.05, 0.1) is 18.4 Å². The summed E-state index contributed by atoms with van der Waals surface area (Å²) in [6.45, 7) is 4.03. The third-order valence-corrected chi connectivity index (χ3v) is 7.80. The molecular weight excluding hydrogens is 472 g/mol. The van der Waals surface area contributed by atoms with E-state index in [9.17, 15) is 9.90 Å². The molecular formula is C29H28N2O4S. The minimum Gasteiger partial charge on any atom is -0.493 e. The summed E-state index contributed by atoms with van der Waals surface area (Å²) in [5, 5.41) is 10.8. The number of aryl methyl sites for hydroxylation is 2. The number of hydrogen-bond donors (Lipinski definition) is 1. The summed E-state index contributed by atoms with van der Waals surface area (Å²) >= 11 is 1.62. The van der Waals surface area contributed by atoms with Crippen LogP contribution in [0.15, 0.2) is 59.6 Å². The van der Waals surface area contributed by atoms with Gasteiger partial charge in [-0.2, -0.15) is 0 Å². The summed E-state index contributed by atoms with van der Waals surface area (Å²) in [5.41, 5.74) is 5.22. The summed E-state index contributed by atoms with van der Waals surface area (Å²) in [6, 6.07) is 17.1. The van der Waals surface area contributed by atoms with E-state index in [0.717, 1.165) is 58.9 Å². The van der Waals surface area contributed by atoms with Crippen molar-refractivity contribution >= 4 is 29.2 Å². The fourth-order valence-corrected chi connectivity index (χ4v) is 6.23. The minimum atomic E-state index is -0.845. The molecule has 184 valence electrons. The molecule has 0 aliphatic heterocycles. The number of carboxylic acids is 1. The van der Waals surface area contributed by atoms with Crippen molar-refractivity contribution in [1.82, 2.24) is 4.57 Å². The van der Waals surface area contributed by atoms with E-state index in [1.54, 1.807) is 18.4 Å². The van der Waals surface area contributed by atoms with Gasteiger partial charge in [-0.3, -0.25) is 4.99 Å². The maximum atomic E-state index is 12.2. The lowest BCUT2D eigenvalue weighted by atomic mass is 9.95. The van der Waals surface area contributed by atoms with Crippen LogP contribution < -0.4 is 9.47 Å². The van der Waals surface area contributed by atoms with E-state index >= 15 is 0 Å². The van der Waals surface area contributed by atoms with Crippen LogP contribution in [-0.4, -0.2) is 29.0 Å². The van der Waals surface area contributed by atoms with Gasteiger partial charge in [-0.15, -0.1) is 11.3 Å². The Morgan fingerprint density at radius 3 is 2.50 bits per heavy atom. The van der Waals surface area contributed by atoms with Gasteiger partial charge in [-0.1, -0.05) is 12.1 Å². The molecule has 7 heteroatoms. The molecule has 4 aromatic rings. The smallest absolute Gasteiger partial charge is 0.339 e. The Balaban J connectivity index is 1.39. The number of benzene rings is 2. The first-order valence-corrected chi connectivity index (χ1v) is 12.8. The van der Waals surface area contributed by atoms with Crippen LogP contribution in [0.2, 0.25) is 0 Å². The SMILES string of the molecule is COc1ccccc1Oc1ccc(N=Cc2cc(C)n(-c3sc4c(c3C(=O)O)CCCC4)c2C)cc1. The Morgan fingerprint density at radius 1 is 1.06 bits per heavy atom. The molecule has 0 saturated heterocycles. The lowest BCUT2D eigenvalue weighted by Gasteiger charge is -2.11. The van der Waals surface area contributed by atoms with Crippen LogP contribution in [0.3, 0.4) is 0 Å². The van der Waals surface area contributed by atoms with Crippen molar-refractivity contribution in [2.45, 2.75) is 39.5 Å². The normalized spacial score (nSPS) is 13.1. The average Bonchev–Trinajstić information content (AvgIpc) is 3.40. The number of hydrogen-bond acceptors (Lipinski definition) is 5. The second-order valence-electron chi connectivity index (χ2n) is 8.86. The first-order valence-electron chi connectivity index (χ1n) is 12.0. The number of nitrogens with zero attached hydrogens (tertiary/aromatic N) is 2. The van der Waals surface area contributed by atoms with Crippen molar-refractivity contribution in [1.29, 1.82) is 0 Å². The van der Waals surface area contributed by atoms with E-state index in [0.29, 0.717) is 22.8 Å². The van der Waals surface area contributed by atoms with Crippen molar-refractivity contribution in [2.24, 2.45) is 4.99 Å². The van der Waals surface area contributed by atoms with Gasteiger partial charge in [0, 0.05) is 28.0 Å². The molecule has 2 heterocycles. The van der Waals surface area contributed by atoms with Crippen molar-refractivity contribution in [3.63, 3.8) is 0 Å². The molecule has 0 amide bonds. The number of para-hydroxylation sites is 2. The number of fused-ring (bicyclic) bond motifs is 1. The van der Waals surface area contributed by atoms with Crippen LogP contribution in [0.5, 0.6) is 17.2 Å². The summed E-state index contributed by atoms with van der Waals surface area (Å²) in [4.78, 5) is 18.1. The Morgan fingerprint density at radius 2 is 1.78 bits per heavy atom. The molecule has 0 spiro atoms. The number of aromatic carboxylic acids is 1. The fourth-order valence-electron chi connectivity index (χ4n) is 4.73. The Kier molecular flexibility index (Phi) is 6.65. The van der Waals surface area contributed by atoms with Crippen LogP contribution >= 0.6 is 11.3 Å². The molecule has 1 N–H and O–H groups in total. The predicted molar refractivity (Wildman–Crippen MR) is 143 cm³/mol. The number of aromatic nitrogens is 1. The van der Waals surface area contributed by atoms with E-state index < -0.39 is 5.97 Å². The third kappa shape index (κ3) is 4.54. The zero-order valence-electron chi connectivity index (χ0n) is 20.6. The Bertz CT molecular complexity index is 1450. The standard InChI is InChI=1S/C29H28N2O4S/c1-18-16-20(19(2)31(18)28-27(29(32)33)23-8-4-7-11-26(23)36-28)17-30-21-12-14-22(15-13-21)35-25-10-6-5-9-24(25)34-3/h5-6,9-10,12-17H,4,7-8,11H2,1-3H3,(H,32,33). The topological polar surface area (TPSA) is 73.0 Å². The molecule has 0 radical (unpaired) electrons. The maximum absolute atomic E-state index is 12.2. The van der Waals surface area contributed by atoms with Crippen LogP contribution in [0, 0.1) is 13.8 Å². The van der Waals surface area contributed by atoms with E-state index in [4.69, 9.17) is 9.47 Å². The molecule has 0 fully saturated rings. The van der Waals surface area contributed by atoms with E-state index in [2.05, 4.69) is 15.6 Å². The molecule has 5 rings (SSSR count). The van der Waals surface area contributed by atoms with Crippen LogP contribution in [0.4, 0.5) is 5.69 Å². The molecule has 6 nitrogen and oxygen atoms in total. The lowest BCUT2D eigenvalue weighted by Crippen LogP contribution is -2.09. The summed E-state index contributed by atoms with van der Waals surface area (Å²) in [5.74, 6) is 1.18. The summed E-state index contributed by atoms with van der Waals surface area (Å²) < 4.78 is 13.4. The molecule has 0 unspecified atom stereocenters. The number of methoxy groups -OCH3 is 1. The average molecular weight is 501 g/mol. The van der Waals surface area contributed by atoms with Gasteiger partial charge in [0.15, 0.2) is 11.5 Å². The zero-order chi connectivity index (χ0) is 25.2. The van der Waals surface area contributed by atoms with Crippen LogP contribution in [0.25, 0.3) is 5.00 Å². The highest BCUT2D eigenvalue weighted by atomic mass is 32.1. The highest BCUT2D eigenvalue weighted by molar-refractivity contribution is 7.15. The third-order valence-electron chi connectivity index (χ3n) is 6.53. The van der Waals surface area contributed by atoms with Crippen LogP contribution in [-0.2, 0) is 12.8 Å². The van der Waals surface area contributed by atoms with Crippen molar-refractivity contribution in [2.75, 3.05) is 7.11 Å². The largest absolute Gasteiger partial charge is 0.493 e. The van der Waals surface area contributed by atoms with Crippen molar-refractivity contribution in [3.05, 3.63) is 87.6 Å². The first-order chi connectivity index (χ1) is 17.5. The second kappa shape index (κ2) is 10.0. The molecule has 1 aliphatic rings. The van der Waals surface area contributed by atoms with Gasteiger partial charge in [0.2, 0.25) is 0 Å². The van der Waals surface area contributed by atoms with Gasteiger partial charge in [0.1, 0.15) is 10.8 Å². The van der Waals surface area contributed by atoms with Gasteiger partial charge >= 0.3 is 5.97 Å². The monoisotopic (exact) mass is 500 g/mol. The van der Waals surface area contributed by atoms with Gasteiger partial charge < -0.3 is 19.1 Å². The summed E-state index contributed by atoms with van der Waals surface area (Å²) in [7, 11) is 1.62. The van der Waals surface area contributed by atoms with Crippen molar-refractivity contribution in [3.8, 4) is 22.2 Å². The first kappa shape index (κ1) is 23.9. The number of aliphatic imine (C=N–C) groups is 1. The Hall–Kier alpha value is -3.84. The van der Waals surface area contributed by atoms with E-state index in [1.165, 1.54) is 4.88 Å². The molecule has 0 saturated carbocycles. The van der Waals surface area contributed by atoms with Crippen molar-refractivity contribution < 1.29 is 19.4 Å². The van der Waals surface area contributed by atoms with Gasteiger partial charge in [-0.25, -0.2) is 4.79 Å². The fraction of sp³-hybridized carbons (Fsp3) is 0.241. The number of rotatable bonds is 7. The predicted octanol–water partition coefficient (Wildman–Crippen LogP) is 7.28. The van der Waals surface area contributed by atoms with Gasteiger partial charge in [-0.05, 0) is 87.6 Å². The van der Waals surface area contributed by atoms with E-state index in [-0.39, 0.29) is 0 Å². The lowest BCUT2D eigenvalue weighted by molar-refractivity contribution is 0.0696. The Labute approximate surface area is 214 Å². The quantitative estimate of drug-likeness (QED) is 0.271. The molecule has 2 aromatic carbocycles.